The van der Waals surface area contributed by atoms with E-state index in [1.807, 2.05) is 6.92 Å². The first kappa shape index (κ1) is 24.1. The molecule has 0 radical (unpaired) electrons. The summed E-state index contributed by atoms with van der Waals surface area (Å²) in [5.74, 6) is -2.65. The van der Waals surface area contributed by atoms with Gasteiger partial charge in [0.05, 0.1) is 6.10 Å². The van der Waals surface area contributed by atoms with E-state index >= 15 is 0 Å². The van der Waals surface area contributed by atoms with Gasteiger partial charge in [-0.1, -0.05) is 71.8 Å². The number of rotatable bonds is 6. The van der Waals surface area contributed by atoms with Gasteiger partial charge in [-0.25, -0.2) is 0 Å². The minimum absolute atomic E-state index is 0.0542. The van der Waals surface area contributed by atoms with E-state index in [9.17, 15) is 30.6 Å². The molecule has 3 rings (SSSR count). The summed E-state index contributed by atoms with van der Waals surface area (Å²) in [4.78, 5) is 0. The first-order valence-electron chi connectivity index (χ1n) is 10.1. The number of benzene rings is 2. The van der Waals surface area contributed by atoms with Crippen molar-refractivity contribution < 1.29 is 35.4 Å². The molecule has 1 fully saturated rings. The van der Waals surface area contributed by atoms with E-state index in [0.717, 1.165) is 5.56 Å². The number of aryl methyl sites for hydroxylation is 1. The molecule has 0 unspecified atom stereocenters. The molecule has 7 nitrogen and oxygen atoms in total. The summed E-state index contributed by atoms with van der Waals surface area (Å²) in [6.07, 6.45) is -4.28. The number of hydrogen-bond acceptors (Lipinski definition) is 7. The molecule has 0 saturated carbocycles. The Morgan fingerprint density at radius 1 is 1.03 bits per heavy atom. The normalized spacial score (nSPS) is 36.9. The van der Waals surface area contributed by atoms with Crippen LogP contribution in [0.4, 0.5) is 0 Å². The van der Waals surface area contributed by atoms with Gasteiger partial charge in [0.2, 0.25) is 10.8 Å². The second-order valence-electron chi connectivity index (χ2n) is 8.32. The van der Waals surface area contributed by atoms with Crippen LogP contribution in [-0.2, 0) is 16.9 Å². The molecular weight excluding hydrogens is 424 g/mol. The summed E-state index contributed by atoms with van der Waals surface area (Å²) in [5.41, 5.74) is -3.19. The summed E-state index contributed by atoms with van der Waals surface area (Å²) in [7, 11) is 0. The molecule has 8 heteroatoms. The molecule has 1 aliphatic rings. The topological polar surface area (TPSA) is 131 Å². The van der Waals surface area contributed by atoms with Gasteiger partial charge in [0.1, 0.15) is 11.7 Å². The lowest BCUT2D eigenvalue weighted by atomic mass is 9.67. The van der Waals surface area contributed by atoms with Crippen LogP contribution in [0.3, 0.4) is 0 Å². The summed E-state index contributed by atoms with van der Waals surface area (Å²) in [6.45, 7) is 2.62. The van der Waals surface area contributed by atoms with E-state index in [1.165, 1.54) is 19.1 Å². The third-order valence-electron chi connectivity index (χ3n) is 6.26. The maximum Gasteiger partial charge on any atom is 0.227 e. The maximum atomic E-state index is 11.8. The predicted octanol–water partition coefficient (Wildman–Crippen LogP) is 0.934. The lowest BCUT2D eigenvalue weighted by Gasteiger charge is -2.61. The third kappa shape index (κ3) is 3.69. The van der Waals surface area contributed by atoms with E-state index in [2.05, 4.69) is 0 Å². The summed E-state index contributed by atoms with van der Waals surface area (Å²) in [5, 5.41) is 63.1. The Morgan fingerprint density at radius 2 is 1.61 bits per heavy atom. The van der Waals surface area contributed by atoms with Crippen molar-refractivity contribution >= 4 is 11.6 Å². The van der Waals surface area contributed by atoms with Crippen molar-refractivity contribution in [3.05, 3.63) is 71.3 Å². The fourth-order valence-electron chi connectivity index (χ4n) is 4.29. The molecular formula is C23H29ClO7. The van der Waals surface area contributed by atoms with Crippen molar-refractivity contribution in [2.75, 3.05) is 6.61 Å². The van der Waals surface area contributed by atoms with Crippen molar-refractivity contribution in [3.8, 4) is 0 Å². The van der Waals surface area contributed by atoms with Crippen LogP contribution in [0.25, 0.3) is 0 Å². The summed E-state index contributed by atoms with van der Waals surface area (Å²) < 4.78 is 5.91. The molecule has 1 aliphatic heterocycles. The Bertz CT molecular complexity index is 889. The molecule has 2 aromatic carbocycles. The van der Waals surface area contributed by atoms with Crippen LogP contribution in [0.5, 0.6) is 0 Å². The van der Waals surface area contributed by atoms with Gasteiger partial charge in [-0.3, -0.25) is 0 Å². The zero-order valence-corrected chi connectivity index (χ0v) is 18.2. The van der Waals surface area contributed by atoms with Gasteiger partial charge in [-0.05, 0) is 19.4 Å². The fraction of sp³-hybridized carbons (Fsp3) is 0.478. The van der Waals surface area contributed by atoms with Crippen LogP contribution in [0.2, 0.25) is 0 Å². The minimum Gasteiger partial charge on any atom is -0.396 e. The van der Waals surface area contributed by atoms with Crippen molar-refractivity contribution in [3.63, 3.8) is 0 Å². The average molecular weight is 453 g/mol. The van der Waals surface area contributed by atoms with Gasteiger partial charge in [-0.2, -0.15) is 0 Å². The van der Waals surface area contributed by atoms with E-state index in [-0.39, 0.29) is 18.4 Å². The molecule has 170 valence electrons. The van der Waals surface area contributed by atoms with Gasteiger partial charge < -0.3 is 35.4 Å². The molecule has 0 bridgehead atoms. The fourth-order valence-corrected chi connectivity index (χ4v) is 4.67. The number of hydrogen-bond donors (Lipinski definition) is 6. The van der Waals surface area contributed by atoms with E-state index in [4.69, 9.17) is 16.3 Å². The van der Waals surface area contributed by atoms with E-state index in [1.54, 1.807) is 42.5 Å². The molecule has 0 aromatic heterocycles. The average Bonchev–Trinajstić information content (AvgIpc) is 2.73. The number of halogens is 1. The number of ether oxygens (including phenoxy) is 1. The number of alkyl halides is 1. The van der Waals surface area contributed by atoms with Crippen LogP contribution >= 0.6 is 11.6 Å². The van der Waals surface area contributed by atoms with Crippen LogP contribution in [0, 0.1) is 6.92 Å². The first-order valence-corrected chi connectivity index (χ1v) is 10.5. The van der Waals surface area contributed by atoms with Gasteiger partial charge in [0.15, 0.2) is 5.60 Å². The predicted molar refractivity (Wildman–Crippen MR) is 114 cm³/mol. The van der Waals surface area contributed by atoms with Crippen LogP contribution in [-0.4, -0.2) is 65.7 Å². The van der Waals surface area contributed by atoms with E-state index < -0.39 is 40.9 Å². The molecule has 0 amide bonds. The Balaban J connectivity index is 2.25. The van der Waals surface area contributed by atoms with Gasteiger partial charge in [-0.15, -0.1) is 0 Å². The number of aliphatic hydroxyl groups excluding tert-OH is 3. The highest BCUT2D eigenvalue weighted by Gasteiger charge is 2.76. The molecule has 0 spiro atoms. The Hall–Kier alpha value is -1.55. The molecule has 0 aliphatic carbocycles. The quantitative estimate of drug-likeness (QED) is 0.359. The van der Waals surface area contributed by atoms with Crippen LogP contribution < -0.4 is 0 Å². The van der Waals surface area contributed by atoms with Crippen LogP contribution in [0.1, 0.15) is 30.0 Å². The van der Waals surface area contributed by atoms with Gasteiger partial charge in [0.25, 0.3) is 0 Å². The first-order chi connectivity index (χ1) is 14.4. The summed E-state index contributed by atoms with van der Waals surface area (Å²) in [6, 6.07) is 14.8. The highest BCUT2D eigenvalue weighted by molar-refractivity contribution is 6.24. The zero-order chi connectivity index (χ0) is 23.1. The third-order valence-corrected chi connectivity index (χ3v) is 6.78. The zero-order valence-electron chi connectivity index (χ0n) is 17.4. The van der Waals surface area contributed by atoms with Crippen molar-refractivity contribution in [2.45, 2.75) is 60.9 Å². The van der Waals surface area contributed by atoms with Crippen molar-refractivity contribution in [1.82, 2.24) is 0 Å². The Kier molecular flexibility index (Phi) is 6.55. The molecule has 2 aromatic rings. The highest BCUT2D eigenvalue weighted by atomic mass is 35.5. The second kappa shape index (κ2) is 8.42. The second-order valence-corrected chi connectivity index (χ2v) is 8.89. The standard InChI is InChI=1S/C23H29ClO7/c1-15-8-10-17(11-9-15)14-21(28)22(24,29)19(27)20(12-13-25,16(2)26)31-23(21,30)18-6-4-3-5-7-18/h3-11,16,19,25-30H,12-14H2,1-2H3/t16-,19+,20+,21+,22-,23+/m0/s1. The number of aliphatic hydroxyl groups is 6. The molecule has 1 saturated heterocycles. The summed E-state index contributed by atoms with van der Waals surface area (Å²) >= 11 is 6.43. The highest BCUT2D eigenvalue weighted by Crippen LogP contribution is 2.56. The van der Waals surface area contributed by atoms with Crippen LogP contribution in [0.15, 0.2) is 54.6 Å². The molecule has 1 heterocycles. The Morgan fingerprint density at radius 3 is 2.13 bits per heavy atom. The largest absolute Gasteiger partial charge is 0.396 e. The SMILES string of the molecule is Cc1ccc(C[C@]2(O)[C@@](O)(c3ccccc3)O[C@](CCO)([C@H](C)O)[C@@H](O)[C@@]2(O)Cl)cc1. The Labute approximate surface area is 186 Å². The lowest BCUT2D eigenvalue weighted by Crippen LogP contribution is -2.81. The van der Waals surface area contributed by atoms with Gasteiger partial charge in [0, 0.05) is 25.0 Å². The minimum atomic E-state index is -2.87. The van der Waals surface area contributed by atoms with E-state index in [0.29, 0.717) is 5.56 Å². The molecule has 6 atom stereocenters. The van der Waals surface area contributed by atoms with Gasteiger partial charge >= 0.3 is 0 Å². The van der Waals surface area contributed by atoms with Crippen molar-refractivity contribution in [2.24, 2.45) is 0 Å². The smallest absolute Gasteiger partial charge is 0.227 e. The molecule has 31 heavy (non-hydrogen) atoms. The lowest BCUT2D eigenvalue weighted by molar-refractivity contribution is -0.442. The maximum absolute atomic E-state index is 11.8. The van der Waals surface area contributed by atoms with Crippen molar-refractivity contribution in [1.29, 1.82) is 0 Å². The molecule has 6 N–H and O–H groups in total. The monoisotopic (exact) mass is 452 g/mol.